The number of rotatable bonds is 12. The van der Waals surface area contributed by atoms with Gasteiger partial charge < -0.3 is 31.8 Å². The molecule has 4 unspecified atom stereocenters. The summed E-state index contributed by atoms with van der Waals surface area (Å²) in [6, 6.07) is 4.64. The Morgan fingerprint density at radius 2 is 1.82 bits per heavy atom. The van der Waals surface area contributed by atoms with Gasteiger partial charge in [0.25, 0.3) is 0 Å². The van der Waals surface area contributed by atoms with Crippen LogP contribution in [0, 0.1) is 5.92 Å². The summed E-state index contributed by atoms with van der Waals surface area (Å²) in [7, 11) is 0. The van der Waals surface area contributed by atoms with Crippen LogP contribution in [-0.4, -0.2) is 64.2 Å². The summed E-state index contributed by atoms with van der Waals surface area (Å²) >= 11 is 4.01. The average molecular weight is 478 g/mol. The highest BCUT2D eigenvalue weighted by molar-refractivity contribution is 7.80. The molecule has 3 amide bonds. The van der Waals surface area contributed by atoms with Crippen LogP contribution in [0.2, 0.25) is 0 Å². The first-order valence-corrected chi connectivity index (χ1v) is 11.3. The van der Waals surface area contributed by atoms with Crippen molar-refractivity contribution in [3.63, 3.8) is 0 Å². The molecule has 0 aliphatic heterocycles. The molecule has 1 aromatic carbocycles. The van der Waals surface area contributed by atoms with Crippen molar-refractivity contribution in [1.82, 2.24) is 20.9 Å². The van der Waals surface area contributed by atoms with Crippen LogP contribution in [0.1, 0.15) is 25.8 Å². The highest BCUT2D eigenvalue weighted by atomic mass is 32.1. The molecule has 10 nitrogen and oxygen atoms in total. The van der Waals surface area contributed by atoms with Crippen molar-refractivity contribution in [1.29, 1.82) is 0 Å². The van der Waals surface area contributed by atoms with Crippen LogP contribution in [0.5, 0.6) is 0 Å². The lowest BCUT2D eigenvalue weighted by molar-refractivity contribution is -0.138. The molecule has 0 saturated heterocycles. The van der Waals surface area contributed by atoms with E-state index < -0.39 is 48.4 Å². The van der Waals surface area contributed by atoms with Crippen molar-refractivity contribution < 1.29 is 24.3 Å². The minimum Gasteiger partial charge on any atom is -0.480 e. The molecule has 0 aliphatic carbocycles. The molecule has 0 fully saturated rings. The molecule has 33 heavy (non-hydrogen) atoms. The fraction of sp³-hybridized carbons (Fsp3) is 0.455. The molecular formula is C22H31N5O5S. The Hall–Kier alpha value is -3.05. The molecule has 0 spiro atoms. The smallest absolute Gasteiger partial charge is 0.322 e. The number of fused-ring (bicyclic) bond motifs is 1. The van der Waals surface area contributed by atoms with Crippen molar-refractivity contribution in [2.75, 3.05) is 12.3 Å². The third-order valence-electron chi connectivity index (χ3n) is 5.47. The molecule has 2 rings (SSSR count). The van der Waals surface area contributed by atoms with Crippen LogP contribution >= 0.6 is 12.6 Å². The number of carbonyl (C=O) groups excluding carboxylic acids is 3. The lowest BCUT2D eigenvalue weighted by Crippen LogP contribution is -2.58. The summed E-state index contributed by atoms with van der Waals surface area (Å²) in [5.41, 5.74) is 7.37. The Bertz CT molecular complexity index is 994. The van der Waals surface area contributed by atoms with Gasteiger partial charge in [-0.1, -0.05) is 38.5 Å². The highest BCUT2D eigenvalue weighted by Crippen LogP contribution is 2.19. The van der Waals surface area contributed by atoms with E-state index in [1.54, 1.807) is 13.1 Å². The number of H-pyrrole nitrogens is 1. The van der Waals surface area contributed by atoms with E-state index in [9.17, 15) is 19.2 Å². The number of carboxylic acids is 1. The number of thiol groups is 1. The van der Waals surface area contributed by atoms with E-state index in [2.05, 4.69) is 33.6 Å². The zero-order chi connectivity index (χ0) is 24.5. The second-order valence-electron chi connectivity index (χ2n) is 7.90. The third-order valence-corrected chi connectivity index (χ3v) is 5.87. The zero-order valence-electron chi connectivity index (χ0n) is 18.6. The first-order chi connectivity index (χ1) is 15.7. The van der Waals surface area contributed by atoms with Crippen molar-refractivity contribution in [2.45, 2.75) is 44.8 Å². The number of amides is 3. The number of hydrogen-bond acceptors (Lipinski definition) is 6. The molecule has 0 aliphatic rings. The molecule has 180 valence electrons. The number of nitrogens with one attached hydrogen (secondary N) is 4. The standard InChI is InChI=1S/C22H31N5O5S/c1-3-12(2)19(27-20(30)15(23)11-33)22(32)26-17(21(31)25-10-18(28)29)8-13-9-24-16-7-5-4-6-14(13)16/h4-7,9,12,15,17,19,24,33H,3,8,10-11,23H2,1-2H3,(H,25,31)(H,26,32)(H,27,30)(H,28,29). The van der Waals surface area contributed by atoms with Crippen LogP contribution in [0.3, 0.4) is 0 Å². The number of benzene rings is 1. The van der Waals surface area contributed by atoms with Crippen LogP contribution in [-0.2, 0) is 25.6 Å². The first-order valence-electron chi connectivity index (χ1n) is 10.7. The largest absolute Gasteiger partial charge is 0.480 e. The summed E-state index contributed by atoms with van der Waals surface area (Å²) in [4.78, 5) is 52.2. The van der Waals surface area contributed by atoms with Crippen molar-refractivity contribution >= 4 is 47.2 Å². The summed E-state index contributed by atoms with van der Waals surface area (Å²) in [6.07, 6.45) is 2.46. The summed E-state index contributed by atoms with van der Waals surface area (Å²) in [5.74, 6) is -3.05. The van der Waals surface area contributed by atoms with E-state index in [1.165, 1.54) is 0 Å². The molecule has 1 aromatic heterocycles. The fourth-order valence-corrected chi connectivity index (χ4v) is 3.49. The maximum atomic E-state index is 13.1. The van der Waals surface area contributed by atoms with Crippen LogP contribution in [0.4, 0.5) is 0 Å². The Labute approximate surface area is 197 Å². The number of aliphatic carboxylic acids is 1. The third kappa shape index (κ3) is 7.22. The van der Waals surface area contributed by atoms with Crippen LogP contribution in [0.25, 0.3) is 10.9 Å². The lowest BCUT2D eigenvalue weighted by atomic mass is 9.96. The van der Waals surface area contributed by atoms with Crippen LogP contribution in [0.15, 0.2) is 30.5 Å². The molecule has 11 heteroatoms. The van der Waals surface area contributed by atoms with Gasteiger partial charge in [-0.25, -0.2) is 0 Å². The minimum absolute atomic E-state index is 0.113. The Balaban J connectivity index is 2.26. The minimum atomic E-state index is -1.20. The van der Waals surface area contributed by atoms with E-state index in [-0.39, 0.29) is 18.1 Å². The summed E-state index contributed by atoms with van der Waals surface area (Å²) in [6.45, 7) is 3.09. The first kappa shape index (κ1) is 26.2. The topological polar surface area (TPSA) is 166 Å². The van der Waals surface area contributed by atoms with Crippen molar-refractivity contribution in [3.8, 4) is 0 Å². The van der Waals surface area contributed by atoms with E-state index >= 15 is 0 Å². The van der Waals surface area contributed by atoms with Gasteiger partial charge in [0, 0.05) is 29.3 Å². The quantitative estimate of drug-likeness (QED) is 0.215. The van der Waals surface area contributed by atoms with Gasteiger partial charge in [-0.15, -0.1) is 0 Å². The van der Waals surface area contributed by atoms with Crippen molar-refractivity contribution in [2.24, 2.45) is 11.7 Å². The SMILES string of the molecule is CCC(C)C(NC(=O)C(N)CS)C(=O)NC(Cc1c[nH]c2ccccc12)C(=O)NCC(=O)O. The van der Waals surface area contributed by atoms with Gasteiger partial charge in [0.1, 0.15) is 18.6 Å². The van der Waals surface area contributed by atoms with Gasteiger partial charge in [-0.05, 0) is 17.5 Å². The monoisotopic (exact) mass is 477 g/mol. The number of carbonyl (C=O) groups is 4. The molecule has 7 N–H and O–H groups in total. The highest BCUT2D eigenvalue weighted by Gasteiger charge is 2.31. The van der Waals surface area contributed by atoms with Crippen molar-refractivity contribution in [3.05, 3.63) is 36.0 Å². The molecule has 2 aromatic rings. The maximum absolute atomic E-state index is 13.1. The van der Waals surface area contributed by atoms with E-state index in [0.29, 0.717) is 6.42 Å². The molecule has 0 saturated carbocycles. The van der Waals surface area contributed by atoms with E-state index in [0.717, 1.165) is 16.5 Å². The maximum Gasteiger partial charge on any atom is 0.322 e. The van der Waals surface area contributed by atoms with Gasteiger partial charge in [0.2, 0.25) is 17.7 Å². The fourth-order valence-electron chi connectivity index (χ4n) is 3.32. The summed E-state index contributed by atoms with van der Waals surface area (Å²) < 4.78 is 0. The number of carboxylic acid groups (broad SMARTS) is 1. The number of aromatic amines is 1. The van der Waals surface area contributed by atoms with Gasteiger partial charge in [-0.2, -0.15) is 12.6 Å². The second kappa shape index (κ2) is 12.3. The molecular weight excluding hydrogens is 446 g/mol. The van der Waals surface area contributed by atoms with Gasteiger partial charge in [-0.3, -0.25) is 19.2 Å². The van der Waals surface area contributed by atoms with E-state index in [1.807, 2.05) is 31.2 Å². The molecule has 4 atom stereocenters. The van der Waals surface area contributed by atoms with Gasteiger partial charge >= 0.3 is 5.97 Å². The second-order valence-corrected chi connectivity index (χ2v) is 8.26. The lowest BCUT2D eigenvalue weighted by Gasteiger charge is -2.27. The Morgan fingerprint density at radius 1 is 1.12 bits per heavy atom. The van der Waals surface area contributed by atoms with Gasteiger partial charge in [0.05, 0.1) is 6.04 Å². The predicted octanol–water partition coefficient (Wildman–Crippen LogP) is 0.184. The van der Waals surface area contributed by atoms with E-state index in [4.69, 9.17) is 10.8 Å². The number of para-hydroxylation sites is 1. The predicted molar refractivity (Wildman–Crippen MR) is 128 cm³/mol. The molecule has 0 bridgehead atoms. The summed E-state index contributed by atoms with van der Waals surface area (Å²) in [5, 5.41) is 17.5. The molecule has 1 heterocycles. The number of hydrogen-bond donors (Lipinski definition) is 7. The van der Waals surface area contributed by atoms with Gasteiger partial charge in [0.15, 0.2) is 0 Å². The van der Waals surface area contributed by atoms with Crippen LogP contribution < -0.4 is 21.7 Å². The number of nitrogens with two attached hydrogens (primary N) is 1. The zero-order valence-corrected chi connectivity index (χ0v) is 19.5. The Kier molecular flexibility index (Phi) is 9.74. The Morgan fingerprint density at radius 3 is 2.45 bits per heavy atom. The molecule has 0 radical (unpaired) electrons. The average Bonchev–Trinajstić information content (AvgIpc) is 3.21. The number of aromatic nitrogens is 1. The normalized spacial score (nSPS) is 14.7.